The van der Waals surface area contributed by atoms with Gasteiger partial charge < -0.3 is 4.74 Å². The fourth-order valence-corrected chi connectivity index (χ4v) is 2.80. The van der Waals surface area contributed by atoms with E-state index in [1.807, 2.05) is 38.1 Å². The number of thiazole rings is 1. The second kappa shape index (κ2) is 6.70. The molecule has 118 valence electrons. The molecule has 0 saturated heterocycles. The molecular weight excluding hydrogens is 310 g/mol. The van der Waals surface area contributed by atoms with Crippen molar-refractivity contribution in [3.63, 3.8) is 0 Å². The second-order valence-electron chi connectivity index (χ2n) is 5.02. The monoisotopic (exact) mass is 327 g/mol. The number of tetrazole rings is 1. The van der Waals surface area contributed by atoms with Gasteiger partial charge in [0.2, 0.25) is 0 Å². The standard InChI is InChI=1S/C16H17N5OS/c1-11-18-20-21(19-11)15-7-8-16(22-3)13(9-15)5-4-6-14-10-23-12(2)17-14/h4-5,7-10H,6H2,1-3H3/b5-4+. The molecule has 0 radical (unpaired) electrons. The first-order valence-electron chi connectivity index (χ1n) is 7.18. The van der Waals surface area contributed by atoms with Crippen molar-refractivity contribution >= 4 is 17.4 Å². The van der Waals surface area contributed by atoms with Crippen LogP contribution in [0.15, 0.2) is 29.7 Å². The SMILES string of the molecule is COc1ccc(-n2nnc(C)n2)cc1/C=C/Cc1csc(C)n1. The van der Waals surface area contributed by atoms with E-state index in [2.05, 4.69) is 31.9 Å². The van der Waals surface area contributed by atoms with Crippen LogP contribution in [0.1, 0.15) is 22.1 Å². The molecule has 0 saturated carbocycles. The number of aryl methyl sites for hydroxylation is 2. The zero-order valence-corrected chi connectivity index (χ0v) is 14.0. The molecule has 0 unspecified atom stereocenters. The number of nitrogens with zero attached hydrogens (tertiary/aromatic N) is 5. The number of aromatic nitrogens is 5. The van der Waals surface area contributed by atoms with Crippen LogP contribution in [-0.2, 0) is 6.42 Å². The Morgan fingerprint density at radius 1 is 1.30 bits per heavy atom. The van der Waals surface area contributed by atoms with E-state index in [0.29, 0.717) is 5.82 Å². The van der Waals surface area contributed by atoms with Gasteiger partial charge in [-0.3, -0.25) is 0 Å². The lowest BCUT2D eigenvalue weighted by Gasteiger charge is -2.07. The van der Waals surface area contributed by atoms with Crippen molar-refractivity contribution in [1.82, 2.24) is 25.2 Å². The summed E-state index contributed by atoms with van der Waals surface area (Å²) < 4.78 is 5.42. The Kier molecular flexibility index (Phi) is 4.47. The van der Waals surface area contributed by atoms with Gasteiger partial charge in [-0.2, -0.15) is 0 Å². The summed E-state index contributed by atoms with van der Waals surface area (Å²) in [7, 11) is 1.66. The molecule has 0 spiro atoms. The molecule has 0 aliphatic heterocycles. The minimum Gasteiger partial charge on any atom is -0.496 e. The minimum atomic E-state index is 0.636. The molecule has 6 nitrogen and oxygen atoms in total. The Labute approximate surface area is 138 Å². The molecule has 1 aromatic carbocycles. The van der Waals surface area contributed by atoms with Gasteiger partial charge in [0.05, 0.1) is 23.5 Å². The van der Waals surface area contributed by atoms with Gasteiger partial charge in [-0.25, -0.2) is 4.98 Å². The van der Waals surface area contributed by atoms with Gasteiger partial charge in [0, 0.05) is 17.4 Å². The molecule has 3 aromatic rings. The number of benzene rings is 1. The Hall–Kier alpha value is -2.54. The summed E-state index contributed by atoms with van der Waals surface area (Å²) in [6, 6.07) is 5.78. The van der Waals surface area contributed by atoms with Gasteiger partial charge in [0.25, 0.3) is 0 Å². The van der Waals surface area contributed by atoms with Crippen LogP contribution in [0.3, 0.4) is 0 Å². The fraction of sp³-hybridized carbons (Fsp3) is 0.250. The maximum Gasteiger partial charge on any atom is 0.172 e. The summed E-state index contributed by atoms with van der Waals surface area (Å²) in [4.78, 5) is 5.97. The molecule has 0 bridgehead atoms. The number of rotatable bonds is 5. The van der Waals surface area contributed by atoms with Crippen molar-refractivity contribution in [2.45, 2.75) is 20.3 Å². The molecule has 0 fully saturated rings. The van der Waals surface area contributed by atoms with Crippen LogP contribution in [0.5, 0.6) is 5.75 Å². The number of allylic oxidation sites excluding steroid dienone is 1. The zero-order valence-electron chi connectivity index (χ0n) is 13.2. The summed E-state index contributed by atoms with van der Waals surface area (Å²) in [5.74, 6) is 1.44. The molecule has 0 aliphatic rings. The molecule has 2 aromatic heterocycles. The molecule has 0 aliphatic carbocycles. The lowest BCUT2D eigenvalue weighted by molar-refractivity contribution is 0.413. The lowest BCUT2D eigenvalue weighted by Crippen LogP contribution is -2.00. The summed E-state index contributed by atoms with van der Waals surface area (Å²) in [6.07, 6.45) is 4.90. The predicted octanol–water partition coefficient (Wildman–Crippen LogP) is 3.00. The summed E-state index contributed by atoms with van der Waals surface area (Å²) >= 11 is 1.66. The van der Waals surface area contributed by atoms with Gasteiger partial charge in [-0.1, -0.05) is 12.2 Å². The van der Waals surface area contributed by atoms with Crippen LogP contribution >= 0.6 is 11.3 Å². The Balaban J connectivity index is 1.84. The summed E-state index contributed by atoms with van der Waals surface area (Å²) in [5.41, 5.74) is 2.88. The zero-order chi connectivity index (χ0) is 16.2. The van der Waals surface area contributed by atoms with Crippen LogP contribution in [0.4, 0.5) is 0 Å². The van der Waals surface area contributed by atoms with Crippen molar-refractivity contribution in [3.8, 4) is 11.4 Å². The van der Waals surface area contributed by atoms with Crippen LogP contribution in [0.2, 0.25) is 0 Å². The molecule has 3 rings (SSSR count). The average Bonchev–Trinajstić information content (AvgIpc) is 3.16. The van der Waals surface area contributed by atoms with Crippen LogP contribution in [0.25, 0.3) is 11.8 Å². The van der Waals surface area contributed by atoms with E-state index in [0.717, 1.165) is 34.1 Å². The number of methoxy groups -OCH3 is 1. The Morgan fingerprint density at radius 3 is 2.83 bits per heavy atom. The lowest BCUT2D eigenvalue weighted by atomic mass is 10.1. The quantitative estimate of drug-likeness (QED) is 0.721. The largest absolute Gasteiger partial charge is 0.496 e. The molecule has 2 heterocycles. The van der Waals surface area contributed by atoms with Crippen LogP contribution < -0.4 is 4.74 Å². The predicted molar refractivity (Wildman–Crippen MR) is 90.0 cm³/mol. The third-order valence-electron chi connectivity index (χ3n) is 3.25. The Bertz CT molecular complexity index is 837. The normalized spacial score (nSPS) is 11.3. The number of hydrogen-bond acceptors (Lipinski definition) is 6. The van der Waals surface area contributed by atoms with Gasteiger partial charge in [0.1, 0.15) is 5.75 Å². The van der Waals surface area contributed by atoms with Crippen molar-refractivity contribution < 1.29 is 4.74 Å². The summed E-state index contributed by atoms with van der Waals surface area (Å²) in [6.45, 7) is 3.82. The molecule has 0 N–H and O–H groups in total. The maximum atomic E-state index is 5.42. The highest BCUT2D eigenvalue weighted by molar-refractivity contribution is 7.09. The fourth-order valence-electron chi connectivity index (χ4n) is 2.18. The van der Waals surface area contributed by atoms with E-state index < -0.39 is 0 Å². The van der Waals surface area contributed by atoms with Gasteiger partial charge in [-0.15, -0.1) is 26.3 Å². The highest BCUT2D eigenvalue weighted by atomic mass is 32.1. The average molecular weight is 327 g/mol. The first kappa shape index (κ1) is 15.4. The van der Waals surface area contributed by atoms with E-state index in [1.54, 1.807) is 18.4 Å². The highest BCUT2D eigenvalue weighted by Gasteiger charge is 2.06. The van der Waals surface area contributed by atoms with Gasteiger partial charge in [-0.05, 0) is 37.3 Å². The number of hydrogen-bond donors (Lipinski definition) is 0. The first-order valence-corrected chi connectivity index (χ1v) is 8.06. The third-order valence-corrected chi connectivity index (χ3v) is 4.07. The van der Waals surface area contributed by atoms with Crippen molar-refractivity contribution in [3.05, 3.63) is 51.7 Å². The minimum absolute atomic E-state index is 0.636. The van der Waals surface area contributed by atoms with Crippen molar-refractivity contribution in [1.29, 1.82) is 0 Å². The molecule has 0 amide bonds. The van der Waals surface area contributed by atoms with Crippen LogP contribution in [-0.4, -0.2) is 32.3 Å². The van der Waals surface area contributed by atoms with E-state index in [1.165, 1.54) is 4.80 Å². The number of ether oxygens (including phenoxy) is 1. The molecule has 7 heteroatoms. The third kappa shape index (κ3) is 3.62. The molecule has 0 atom stereocenters. The van der Waals surface area contributed by atoms with Crippen molar-refractivity contribution in [2.75, 3.05) is 7.11 Å². The van der Waals surface area contributed by atoms with E-state index in [-0.39, 0.29) is 0 Å². The second-order valence-corrected chi connectivity index (χ2v) is 6.08. The molecular formula is C16H17N5OS. The van der Waals surface area contributed by atoms with Gasteiger partial charge >= 0.3 is 0 Å². The maximum absolute atomic E-state index is 5.42. The van der Waals surface area contributed by atoms with Crippen LogP contribution in [0, 0.1) is 13.8 Å². The van der Waals surface area contributed by atoms with E-state index >= 15 is 0 Å². The summed E-state index contributed by atoms with van der Waals surface area (Å²) in [5, 5.41) is 15.3. The van der Waals surface area contributed by atoms with Crippen molar-refractivity contribution in [2.24, 2.45) is 0 Å². The van der Waals surface area contributed by atoms with E-state index in [9.17, 15) is 0 Å². The Morgan fingerprint density at radius 2 is 2.17 bits per heavy atom. The smallest absolute Gasteiger partial charge is 0.172 e. The first-order chi connectivity index (χ1) is 11.2. The topological polar surface area (TPSA) is 65.7 Å². The molecule has 23 heavy (non-hydrogen) atoms. The highest BCUT2D eigenvalue weighted by Crippen LogP contribution is 2.23. The van der Waals surface area contributed by atoms with Gasteiger partial charge in [0.15, 0.2) is 5.82 Å². The van der Waals surface area contributed by atoms with E-state index in [4.69, 9.17) is 4.74 Å².